The zero-order valence-corrected chi connectivity index (χ0v) is 14.0. The average Bonchev–Trinajstić information content (AvgIpc) is 2.53. The van der Waals surface area contributed by atoms with Crippen LogP contribution in [0.2, 0.25) is 0 Å². The van der Waals surface area contributed by atoms with Crippen LogP contribution < -0.4 is 0 Å². The monoisotopic (exact) mass is 350 g/mol. The molecule has 6 heteroatoms. The zero-order chi connectivity index (χ0) is 17.6. The van der Waals surface area contributed by atoms with Gasteiger partial charge in [-0.05, 0) is 37.5 Å². The minimum atomic E-state index is -4.70. The summed E-state index contributed by atoms with van der Waals surface area (Å²) in [5.41, 5.74) is 0. The summed E-state index contributed by atoms with van der Waals surface area (Å²) in [5.74, 6) is -0.0599. The van der Waals surface area contributed by atoms with E-state index in [4.69, 9.17) is 9.47 Å². The van der Waals surface area contributed by atoms with Gasteiger partial charge in [0.25, 0.3) is 0 Å². The second-order valence-corrected chi connectivity index (χ2v) is 6.78. The molecule has 0 aromatic carbocycles. The summed E-state index contributed by atoms with van der Waals surface area (Å²) in [6.45, 7) is 2.56. The van der Waals surface area contributed by atoms with E-state index >= 15 is 0 Å². The van der Waals surface area contributed by atoms with Crippen molar-refractivity contribution >= 4 is 0 Å². The zero-order valence-electron chi connectivity index (χ0n) is 14.0. The lowest BCUT2D eigenvalue weighted by molar-refractivity contribution is -0.182. The maximum absolute atomic E-state index is 13.4. The third-order valence-corrected chi connectivity index (χ3v) is 4.69. The van der Waals surface area contributed by atoms with Crippen LogP contribution in [0.1, 0.15) is 45.4 Å². The predicted molar refractivity (Wildman–Crippen MR) is 83.9 cm³/mol. The molecule has 138 valence electrons. The SMILES string of the molecule is CCCC1CCC(C=CC2COC(C(F)=CC(F)(F)F)OC2)CC1. The Morgan fingerprint density at radius 1 is 1.00 bits per heavy atom. The van der Waals surface area contributed by atoms with Gasteiger partial charge >= 0.3 is 6.18 Å². The van der Waals surface area contributed by atoms with E-state index in [1.165, 1.54) is 38.5 Å². The van der Waals surface area contributed by atoms with Gasteiger partial charge in [0.1, 0.15) is 0 Å². The van der Waals surface area contributed by atoms with E-state index in [2.05, 4.69) is 13.0 Å². The van der Waals surface area contributed by atoms with Crippen LogP contribution in [0.15, 0.2) is 24.1 Å². The van der Waals surface area contributed by atoms with E-state index in [1.807, 2.05) is 6.08 Å². The Kier molecular flexibility index (Phi) is 7.29. The summed E-state index contributed by atoms with van der Waals surface area (Å²) in [7, 11) is 0. The predicted octanol–water partition coefficient (Wildman–Crippen LogP) is 5.55. The van der Waals surface area contributed by atoms with Gasteiger partial charge in [-0.15, -0.1) is 0 Å². The molecule has 1 heterocycles. The van der Waals surface area contributed by atoms with Crippen LogP contribution in [0, 0.1) is 17.8 Å². The Hall–Kier alpha value is -0.880. The second-order valence-electron chi connectivity index (χ2n) is 6.78. The van der Waals surface area contributed by atoms with Crippen molar-refractivity contribution in [1.82, 2.24) is 0 Å². The van der Waals surface area contributed by atoms with Crippen molar-refractivity contribution in [2.24, 2.45) is 17.8 Å². The summed E-state index contributed by atoms with van der Waals surface area (Å²) in [5, 5.41) is 0. The van der Waals surface area contributed by atoms with Crippen LogP contribution in [-0.2, 0) is 9.47 Å². The Labute approximate surface area is 140 Å². The van der Waals surface area contributed by atoms with Gasteiger partial charge in [0, 0.05) is 5.92 Å². The number of ether oxygens (including phenoxy) is 2. The summed E-state index contributed by atoms with van der Waals surface area (Å²) >= 11 is 0. The standard InChI is InChI=1S/C18H26F4O2/c1-2-3-13-4-6-14(7-5-13)8-9-15-11-23-17(24-12-15)16(19)10-18(20,21)22/h8-10,13-15,17H,2-7,11-12H2,1H3. The first-order chi connectivity index (χ1) is 11.4. The van der Waals surface area contributed by atoms with Crippen LogP contribution in [0.5, 0.6) is 0 Å². The maximum atomic E-state index is 13.4. The topological polar surface area (TPSA) is 18.5 Å². The first-order valence-corrected chi connectivity index (χ1v) is 8.74. The minimum absolute atomic E-state index is 0.0340. The molecule has 1 aliphatic carbocycles. The smallest absolute Gasteiger partial charge is 0.346 e. The third-order valence-electron chi connectivity index (χ3n) is 4.69. The first-order valence-electron chi connectivity index (χ1n) is 8.74. The highest BCUT2D eigenvalue weighted by molar-refractivity contribution is 5.02. The van der Waals surface area contributed by atoms with Gasteiger partial charge in [-0.25, -0.2) is 4.39 Å². The lowest BCUT2D eigenvalue weighted by Crippen LogP contribution is -2.32. The first kappa shape index (κ1) is 19.4. The van der Waals surface area contributed by atoms with Gasteiger partial charge in [-0.2, -0.15) is 13.2 Å². The lowest BCUT2D eigenvalue weighted by atomic mass is 9.80. The molecule has 0 bridgehead atoms. The number of allylic oxidation sites excluding steroid dienone is 2. The van der Waals surface area contributed by atoms with Crippen LogP contribution in [0.25, 0.3) is 0 Å². The molecule has 2 fully saturated rings. The molecule has 2 rings (SSSR count). The van der Waals surface area contributed by atoms with Crippen LogP contribution >= 0.6 is 0 Å². The Morgan fingerprint density at radius 2 is 1.58 bits per heavy atom. The molecule has 0 aromatic rings. The molecule has 2 aliphatic rings. The highest BCUT2D eigenvalue weighted by atomic mass is 19.4. The van der Waals surface area contributed by atoms with Crippen LogP contribution in [0.4, 0.5) is 17.6 Å². The molecule has 0 atom stereocenters. The van der Waals surface area contributed by atoms with Crippen molar-refractivity contribution in [3.05, 3.63) is 24.1 Å². The van der Waals surface area contributed by atoms with E-state index in [0.29, 0.717) is 5.92 Å². The molecule has 0 amide bonds. The quantitative estimate of drug-likeness (QED) is 0.478. The Bertz CT molecular complexity index is 429. The molecule has 0 radical (unpaired) electrons. The molecule has 0 N–H and O–H groups in total. The van der Waals surface area contributed by atoms with Gasteiger partial charge in [0.05, 0.1) is 19.3 Å². The van der Waals surface area contributed by atoms with E-state index in [1.54, 1.807) is 0 Å². The molecular formula is C18H26F4O2. The van der Waals surface area contributed by atoms with Gasteiger partial charge in [0.15, 0.2) is 5.83 Å². The van der Waals surface area contributed by atoms with Crippen molar-refractivity contribution < 1.29 is 27.0 Å². The van der Waals surface area contributed by atoms with Crippen molar-refractivity contribution in [2.75, 3.05) is 13.2 Å². The van der Waals surface area contributed by atoms with Gasteiger partial charge < -0.3 is 9.47 Å². The van der Waals surface area contributed by atoms with E-state index in [9.17, 15) is 17.6 Å². The van der Waals surface area contributed by atoms with Gasteiger partial charge in [0.2, 0.25) is 6.29 Å². The molecule has 0 aromatic heterocycles. The number of halogens is 4. The summed E-state index contributed by atoms with van der Waals surface area (Å²) in [6.07, 6.45) is 4.94. The van der Waals surface area contributed by atoms with E-state index in [0.717, 1.165) is 5.92 Å². The highest BCUT2D eigenvalue weighted by Gasteiger charge is 2.31. The van der Waals surface area contributed by atoms with Crippen molar-refractivity contribution in [3.63, 3.8) is 0 Å². The number of hydrogen-bond donors (Lipinski definition) is 0. The Balaban J connectivity index is 1.72. The summed E-state index contributed by atoms with van der Waals surface area (Å²) < 4.78 is 59.8. The van der Waals surface area contributed by atoms with E-state index in [-0.39, 0.29) is 19.1 Å². The Morgan fingerprint density at radius 3 is 2.12 bits per heavy atom. The minimum Gasteiger partial charge on any atom is -0.346 e. The molecule has 0 spiro atoms. The molecular weight excluding hydrogens is 324 g/mol. The second kappa shape index (κ2) is 8.99. The lowest BCUT2D eigenvalue weighted by Gasteiger charge is -2.29. The third kappa shape index (κ3) is 6.55. The van der Waals surface area contributed by atoms with Crippen molar-refractivity contribution in [1.29, 1.82) is 0 Å². The fraction of sp³-hybridized carbons (Fsp3) is 0.778. The number of hydrogen-bond acceptors (Lipinski definition) is 2. The number of alkyl halides is 3. The average molecular weight is 350 g/mol. The summed E-state index contributed by atoms with van der Waals surface area (Å²) in [6, 6.07) is 0. The van der Waals surface area contributed by atoms with Crippen molar-refractivity contribution in [2.45, 2.75) is 57.9 Å². The molecule has 1 aliphatic heterocycles. The number of rotatable bonds is 5. The van der Waals surface area contributed by atoms with Gasteiger partial charge in [-0.1, -0.05) is 31.9 Å². The fourth-order valence-electron chi connectivity index (χ4n) is 3.40. The van der Waals surface area contributed by atoms with Crippen LogP contribution in [-0.4, -0.2) is 25.7 Å². The largest absolute Gasteiger partial charge is 0.412 e. The maximum Gasteiger partial charge on any atom is 0.412 e. The fourth-order valence-corrected chi connectivity index (χ4v) is 3.40. The molecule has 0 unspecified atom stereocenters. The molecule has 1 saturated carbocycles. The molecule has 24 heavy (non-hydrogen) atoms. The van der Waals surface area contributed by atoms with Crippen LogP contribution in [0.3, 0.4) is 0 Å². The summed E-state index contributed by atoms with van der Waals surface area (Å²) in [4.78, 5) is 0. The van der Waals surface area contributed by atoms with Gasteiger partial charge in [-0.3, -0.25) is 0 Å². The molecule has 1 saturated heterocycles. The van der Waals surface area contributed by atoms with E-state index < -0.39 is 24.4 Å². The molecule has 2 nitrogen and oxygen atoms in total. The normalized spacial score (nSPS) is 33.1. The highest BCUT2D eigenvalue weighted by Crippen LogP contribution is 2.32. The van der Waals surface area contributed by atoms with Crippen molar-refractivity contribution in [3.8, 4) is 0 Å².